The monoisotopic (exact) mass is 567 g/mol. The molecule has 0 aliphatic carbocycles. The molecule has 2 fully saturated rings. The summed E-state index contributed by atoms with van der Waals surface area (Å²) in [7, 11) is 0. The maximum atomic E-state index is 13.8. The van der Waals surface area contributed by atoms with E-state index < -0.39 is 40.9 Å². The van der Waals surface area contributed by atoms with Crippen LogP contribution in [0.1, 0.15) is 37.8 Å². The zero-order valence-corrected chi connectivity index (χ0v) is 23.6. The Balaban J connectivity index is 1.54. The maximum absolute atomic E-state index is 13.8. The molecule has 214 valence electrons. The number of phenolic OH excluding ortho intramolecular Hbond substituents is 1. The molecule has 2 saturated heterocycles. The van der Waals surface area contributed by atoms with Crippen LogP contribution in [0.5, 0.6) is 5.75 Å². The summed E-state index contributed by atoms with van der Waals surface area (Å²) in [4.78, 5) is 55.3. The van der Waals surface area contributed by atoms with E-state index in [0.717, 1.165) is 11.1 Å². The second kappa shape index (κ2) is 12.3. The van der Waals surface area contributed by atoms with Crippen LogP contribution in [0.3, 0.4) is 0 Å². The lowest BCUT2D eigenvalue weighted by molar-refractivity contribution is -0.145. The first kappa shape index (κ1) is 29.4. The number of nitrogens with one attached hydrogen (secondary N) is 1. The molecule has 2 aliphatic heterocycles. The number of rotatable bonds is 9. The number of nitrogens with zero attached hydrogens (tertiary/aromatic N) is 2. The van der Waals surface area contributed by atoms with E-state index >= 15 is 0 Å². The Morgan fingerprint density at radius 3 is 2.30 bits per heavy atom. The van der Waals surface area contributed by atoms with Gasteiger partial charge >= 0.3 is 0 Å². The largest absolute Gasteiger partial charge is 0.508 e. The second-order valence-corrected chi connectivity index (χ2v) is 12.4. The fourth-order valence-corrected chi connectivity index (χ4v) is 6.63. The molecule has 2 aromatic rings. The first-order valence-electron chi connectivity index (χ1n) is 13.4. The van der Waals surface area contributed by atoms with Crippen molar-refractivity contribution in [3.05, 3.63) is 65.7 Å². The minimum atomic E-state index is -0.939. The van der Waals surface area contributed by atoms with Crippen molar-refractivity contribution in [1.29, 1.82) is 0 Å². The van der Waals surface area contributed by atoms with Gasteiger partial charge in [-0.25, -0.2) is 0 Å². The molecule has 10 nitrogen and oxygen atoms in total. The van der Waals surface area contributed by atoms with E-state index in [0.29, 0.717) is 25.1 Å². The quantitative estimate of drug-likeness (QED) is 0.354. The molecule has 4 rings (SSSR count). The van der Waals surface area contributed by atoms with Crippen LogP contribution in [-0.2, 0) is 32.0 Å². The molecular formula is C29H37N5O5S. The number of phenols is 1. The van der Waals surface area contributed by atoms with Gasteiger partial charge in [-0.15, -0.1) is 11.8 Å². The number of carbonyl (C=O) groups is 4. The summed E-state index contributed by atoms with van der Waals surface area (Å²) in [5.74, 6) is -1.30. The Morgan fingerprint density at radius 2 is 1.65 bits per heavy atom. The fraction of sp³-hybridized carbons (Fsp3) is 0.448. The van der Waals surface area contributed by atoms with E-state index in [-0.39, 0.29) is 30.4 Å². The van der Waals surface area contributed by atoms with Crippen LogP contribution in [0.4, 0.5) is 0 Å². The van der Waals surface area contributed by atoms with Crippen molar-refractivity contribution in [1.82, 2.24) is 15.1 Å². The van der Waals surface area contributed by atoms with Crippen molar-refractivity contribution < 1.29 is 24.3 Å². The van der Waals surface area contributed by atoms with Crippen LogP contribution in [0.2, 0.25) is 0 Å². The van der Waals surface area contributed by atoms with Gasteiger partial charge in [0.2, 0.25) is 23.6 Å². The summed E-state index contributed by atoms with van der Waals surface area (Å²) in [5, 5.41) is 12.5. The van der Waals surface area contributed by atoms with E-state index in [1.54, 1.807) is 12.1 Å². The van der Waals surface area contributed by atoms with Gasteiger partial charge in [-0.1, -0.05) is 42.5 Å². The van der Waals surface area contributed by atoms with Gasteiger partial charge in [0.05, 0.1) is 10.9 Å². The van der Waals surface area contributed by atoms with Gasteiger partial charge in [0.25, 0.3) is 0 Å². The molecule has 0 saturated carbocycles. The Kier molecular flexibility index (Phi) is 9.05. The third-order valence-corrected chi connectivity index (χ3v) is 8.88. The van der Waals surface area contributed by atoms with Gasteiger partial charge in [0.15, 0.2) is 0 Å². The van der Waals surface area contributed by atoms with Gasteiger partial charge in [-0.2, -0.15) is 0 Å². The molecule has 2 heterocycles. The van der Waals surface area contributed by atoms with E-state index in [1.807, 2.05) is 44.2 Å². The number of nitrogens with two attached hydrogens (primary N) is 2. The number of primary amides is 1. The van der Waals surface area contributed by atoms with Gasteiger partial charge in [-0.05, 0) is 56.4 Å². The van der Waals surface area contributed by atoms with Crippen LogP contribution >= 0.6 is 11.8 Å². The third kappa shape index (κ3) is 6.59. The number of aromatic hydroxyl groups is 1. The Morgan fingerprint density at radius 1 is 1.00 bits per heavy atom. The number of likely N-dealkylation sites (tertiary alicyclic amines) is 1. The first-order valence-corrected chi connectivity index (χ1v) is 14.4. The number of thioether (sulfide) groups is 1. The highest BCUT2D eigenvalue weighted by Gasteiger charge is 2.48. The summed E-state index contributed by atoms with van der Waals surface area (Å²) in [6.07, 6.45) is 1.61. The minimum absolute atomic E-state index is 0.119. The van der Waals surface area contributed by atoms with Crippen molar-refractivity contribution >= 4 is 35.4 Å². The van der Waals surface area contributed by atoms with Crippen molar-refractivity contribution in [2.45, 2.75) is 68.6 Å². The summed E-state index contributed by atoms with van der Waals surface area (Å²) < 4.78 is 0. The molecule has 2 aromatic carbocycles. The molecular weight excluding hydrogens is 530 g/mol. The SMILES string of the molecule is CC1(C)SCC(C(=O)N[C@@H](Cc2ccccc2)C(=O)N2CCC[C@H]2C(N)=O)N1C(=O)[C@@H](N)Cc1ccc(O)cc1. The molecule has 1 unspecified atom stereocenters. The van der Waals surface area contributed by atoms with Crippen LogP contribution in [0.25, 0.3) is 0 Å². The standard InChI is InChI=1S/C29H37N5O5S/c1-29(2)34(27(38)21(30)15-19-10-12-20(35)13-11-19)24(17-40-29)26(37)32-22(16-18-7-4-3-5-8-18)28(39)33-14-6-9-23(33)25(31)36/h3-5,7-8,10-13,21-24,35H,6,9,14-17,30H2,1-2H3,(H2,31,36)(H,32,37)/t21-,22-,23-,24?/m0/s1. The predicted octanol–water partition coefficient (Wildman–Crippen LogP) is 1.15. The number of amides is 4. The van der Waals surface area contributed by atoms with Crippen molar-refractivity contribution in [3.8, 4) is 5.75 Å². The average molecular weight is 568 g/mol. The summed E-state index contributed by atoms with van der Waals surface area (Å²) in [6, 6.07) is 12.4. The van der Waals surface area contributed by atoms with Crippen molar-refractivity contribution in [2.75, 3.05) is 12.3 Å². The molecule has 2 aliphatic rings. The molecule has 0 bridgehead atoms. The predicted molar refractivity (Wildman–Crippen MR) is 153 cm³/mol. The van der Waals surface area contributed by atoms with E-state index in [2.05, 4.69) is 5.32 Å². The molecule has 11 heteroatoms. The zero-order chi connectivity index (χ0) is 29.0. The lowest BCUT2D eigenvalue weighted by Crippen LogP contribution is -2.60. The normalized spacial score (nSPS) is 21.6. The highest BCUT2D eigenvalue weighted by molar-refractivity contribution is 8.00. The summed E-state index contributed by atoms with van der Waals surface area (Å²) in [6.45, 7) is 4.12. The molecule has 0 aromatic heterocycles. The second-order valence-electron chi connectivity index (χ2n) is 10.8. The van der Waals surface area contributed by atoms with Gasteiger partial charge in [0, 0.05) is 18.7 Å². The van der Waals surface area contributed by atoms with Gasteiger partial charge < -0.3 is 31.7 Å². The van der Waals surface area contributed by atoms with E-state index in [9.17, 15) is 24.3 Å². The minimum Gasteiger partial charge on any atom is -0.508 e. The highest BCUT2D eigenvalue weighted by atomic mass is 32.2. The first-order chi connectivity index (χ1) is 19.0. The molecule has 0 spiro atoms. The topological polar surface area (TPSA) is 159 Å². The van der Waals surface area contributed by atoms with E-state index in [4.69, 9.17) is 11.5 Å². The Hall–Kier alpha value is -3.57. The lowest BCUT2D eigenvalue weighted by atomic mass is 10.0. The maximum Gasteiger partial charge on any atom is 0.246 e. The van der Waals surface area contributed by atoms with Crippen LogP contribution in [0, 0.1) is 0 Å². The Bertz CT molecular complexity index is 1240. The molecule has 0 radical (unpaired) electrons. The number of carbonyl (C=O) groups excluding carboxylic acids is 4. The number of hydrogen-bond acceptors (Lipinski definition) is 7. The molecule has 4 amide bonds. The van der Waals surface area contributed by atoms with Crippen LogP contribution in [-0.4, -0.2) is 79.9 Å². The Labute approximate surface area is 238 Å². The lowest BCUT2D eigenvalue weighted by Gasteiger charge is -2.36. The zero-order valence-electron chi connectivity index (χ0n) is 22.8. The third-order valence-electron chi connectivity index (χ3n) is 7.50. The molecule has 6 N–H and O–H groups in total. The van der Waals surface area contributed by atoms with Crippen LogP contribution < -0.4 is 16.8 Å². The number of benzene rings is 2. The molecule has 4 atom stereocenters. The van der Waals surface area contributed by atoms with Gasteiger partial charge in [-0.3, -0.25) is 19.2 Å². The smallest absolute Gasteiger partial charge is 0.246 e. The molecule has 40 heavy (non-hydrogen) atoms. The van der Waals surface area contributed by atoms with Crippen LogP contribution in [0.15, 0.2) is 54.6 Å². The van der Waals surface area contributed by atoms with Crippen molar-refractivity contribution in [3.63, 3.8) is 0 Å². The highest BCUT2D eigenvalue weighted by Crippen LogP contribution is 2.39. The summed E-state index contributed by atoms with van der Waals surface area (Å²) in [5.41, 5.74) is 13.5. The van der Waals surface area contributed by atoms with Crippen molar-refractivity contribution in [2.24, 2.45) is 11.5 Å². The summed E-state index contributed by atoms with van der Waals surface area (Å²) >= 11 is 1.47. The average Bonchev–Trinajstić information content (AvgIpc) is 3.54. The van der Waals surface area contributed by atoms with Gasteiger partial charge in [0.1, 0.15) is 23.9 Å². The number of hydrogen-bond donors (Lipinski definition) is 4. The fourth-order valence-electron chi connectivity index (χ4n) is 5.41. The van der Waals surface area contributed by atoms with E-state index in [1.165, 1.54) is 33.7 Å².